The van der Waals surface area contributed by atoms with E-state index in [0.29, 0.717) is 11.3 Å². The van der Waals surface area contributed by atoms with Gasteiger partial charge in [0, 0.05) is 18.1 Å². The Bertz CT molecular complexity index is 495. The summed E-state index contributed by atoms with van der Waals surface area (Å²) in [5, 5.41) is 13.1. The fourth-order valence-corrected chi connectivity index (χ4v) is 1.50. The van der Waals surface area contributed by atoms with E-state index in [-0.39, 0.29) is 18.7 Å². The molecule has 0 aromatic heterocycles. The number of aliphatic carboxylic acids is 1. The largest absolute Gasteiger partial charge is 0.550 e. The second kappa shape index (κ2) is 7.28. The van der Waals surface area contributed by atoms with Crippen molar-refractivity contribution in [3.63, 3.8) is 0 Å². The van der Waals surface area contributed by atoms with Crippen molar-refractivity contribution in [1.29, 1.82) is 0 Å². The Kier molecular flexibility index (Phi) is 5.71. The Morgan fingerprint density at radius 1 is 1.25 bits per heavy atom. The Hall–Kier alpha value is -2.37. The molecule has 108 valence electrons. The Morgan fingerprint density at radius 2 is 1.85 bits per heavy atom. The number of carbonyl (C=O) groups is 3. The van der Waals surface area contributed by atoms with Crippen LogP contribution in [0.5, 0.6) is 0 Å². The maximum atomic E-state index is 11.6. The SMILES string of the molecule is COC(=O)c1ccc(NC(=O)CC[C@H](C)C(=O)[O-])cc1. The van der Waals surface area contributed by atoms with E-state index in [2.05, 4.69) is 10.1 Å². The number of carboxylic acids is 1. The number of esters is 1. The quantitative estimate of drug-likeness (QED) is 0.768. The third kappa shape index (κ3) is 4.72. The second-order valence-corrected chi connectivity index (χ2v) is 4.38. The molecule has 0 bridgehead atoms. The van der Waals surface area contributed by atoms with Crippen molar-refractivity contribution < 1.29 is 24.2 Å². The predicted octanol–water partition coefficient (Wildman–Crippen LogP) is 0.578. The van der Waals surface area contributed by atoms with Gasteiger partial charge in [0.1, 0.15) is 0 Å². The Labute approximate surface area is 116 Å². The molecule has 6 nitrogen and oxygen atoms in total. The molecule has 0 heterocycles. The van der Waals surface area contributed by atoms with Crippen molar-refractivity contribution >= 4 is 23.5 Å². The molecule has 20 heavy (non-hydrogen) atoms. The molecule has 0 unspecified atom stereocenters. The molecule has 0 aliphatic carbocycles. The van der Waals surface area contributed by atoms with Gasteiger partial charge in [0.25, 0.3) is 0 Å². The lowest BCUT2D eigenvalue weighted by molar-refractivity contribution is -0.311. The smallest absolute Gasteiger partial charge is 0.337 e. The lowest BCUT2D eigenvalue weighted by Gasteiger charge is -2.12. The number of anilines is 1. The maximum absolute atomic E-state index is 11.6. The zero-order valence-corrected chi connectivity index (χ0v) is 11.3. The number of carboxylic acid groups (broad SMARTS) is 1. The zero-order valence-electron chi connectivity index (χ0n) is 11.3. The molecule has 0 aliphatic heterocycles. The van der Waals surface area contributed by atoms with E-state index in [1.165, 1.54) is 26.2 Å². The summed E-state index contributed by atoms with van der Waals surface area (Å²) >= 11 is 0. The third-order valence-electron chi connectivity index (χ3n) is 2.80. The highest BCUT2D eigenvalue weighted by Crippen LogP contribution is 2.12. The van der Waals surface area contributed by atoms with Gasteiger partial charge in [-0.05, 0) is 36.6 Å². The molecule has 0 radical (unpaired) electrons. The minimum Gasteiger partial charge on any atom is -0.550 e. The molecule has 1 rings (SSSR count). The highest BCUT2D eigenvalue weighted by molar-refractivity contribution is 5.93. The number of carbonyl (C=O) groups excluding carboxylic acids is 3. The van der Waals surface area contributed by atoms with Gasteiger partial charge in [0.05, 0.1) is 12.7 Å². The van der Waals surface area contributed by atoms with Crippen LogP contribution >= 0.6 is 0 Å². The number of ether oxygens (including phenoxy) is 1. The molecular weight excluding hydrogens is 262 g/mol. The summed E-state index contributed by atoms with van der Waals surface area (Å²) in [6, 6.07) is 6.22. The minimum absolute atomic E-state index is 0.0912. The number of hydrogen-bond acceptors (Lipinski definition) is 5. The van der Waals surface area contributed by atoms with Crippen LogP contribution < -0.4 is 10.4 Å². The number of nitrogens with one attached hydrogen (secondary N) is 1. The summed E-state index contributed by atoms with van der Waals surface area (Å²) in [5.41, 5.74) is 0.917. The van der Waals surface area contributed by atoms with Gasteiger partial charge in [-0.2, -0.15) is 0 Å². The molecule has 0 aliphatic rings. The first-order valence-corrected chi connectivity index (χ1v) is 6.13. The Balaban J connectivity index is 2.50. The van der Waals surface area contributed by atoms with Gasteiger partial charge < -0.3 is 20.0 Å². The van der Waals surface area contributed by atoms with Crippen molar-refractivity contribution in [2.24, 2.45) is 5.92 Å². The van der Waals surface area contributed by atoms with Crippen LogP contribution in [0.4, 0.5) is 5.69 Å². The first kappa shape index (κ1) is 15.7. The van der Waals surface area contributed by atoms with E-state index in [0.717, 1.165) is 0 Å². The van der Waals surface area contributed by atoms with Gasteiger partial charge in [-0.1, -0.05) is 6.92 Å². The second-order valence-electron chi connectivity index (χ2n) is 4.38. The van der Waals surface area contributed by atoms with Gasteiger partial charge >= 0.3 is 5.97 Å². The number of hydrogen-bond donors (Lipinski definition) is 1. The molecule has 0 saturated heterocycles. The van der Waals surface area contributed by atoms with E-state index in [1.54, 1.807) is 12.1 Å². The van der Waals surface area contributed by atoms with Crippen LogP contribution in [0.3, 0.4) is 0 Å². The monoisotopic (exact) mass is 278 g/mol. The molecule has 1 amide bonds. The molecule has 6 heteroatoms. The van der Waals surface area contributed by atoms with Crippen LogP contribution in [0.25, 0.3) is 0 Å². The molecule has 0 spiro atoms. The molecular formula is C14H16NO5-. The fraction of sp³-hybridized carbons (Fsp3) is 0.357. The van der Waals surface area contributed by atoms with Gasteiger partial charge in [0.2, 0.25) is 5.91 Å². The average molecular weight is 278 g/mol. The normalized spacial score (nSPS) is 11.5. The van der Waals surface area contributed by atoms with E-state index < -0.39 is 17.9 Å². The lowest BCUT2D eigenvalue weighted by Crippen LogP contribution is -2.30. The van der Waals surface area contributed by atoms with Crippen molar-refractivity contribution in [2.75, 3.05) is 12.4 Å². The number of benzene rings is 1. The summed E-state index contributed by atoms with van der Waals surface area (Å²) in [6.45, 7) is 1.49. The van der Waals surface area contributed by atoms with Crippen LogP contribution in [0, 0.1) is 5.92 Å². The maximum Gasteiger partial charge on any atom is 0.337 e. The highest BCUT2D eigenvalue weighted by atomic mass is 16.5. The summed E-state index contributed by atoms with van der Waals surface area (Å²) in [5.74, 6) is -2.57. The van der Waals surface area contributed by atoms with Crippen molar-refractivity contribution in [3.05, 3.63) is 29.8 Å². The standard InChI is InChI=1S/C14H17NO5/c1-9(13(17)18)3-8-12(16)15-11-6-4-10(5-7-11)14(19)20-2/h4-7,9H,3,8H2,1-2H3,(H,15,16)(H,17,18)/p-1/t9-/m0/s1. The predicted molar refractivity (Wildman–Crippen MR) is 69.8 cm³/mol. The number of amides is 1. The van der Waals surface area contributed by atoms with Crippen molar-refractivity contribution in [1.82, 2.24) is 0 Å². The lowest BCUT2D eigenvalue weighted by atomic mass is 10.1. The van der Waals surface area contributed by atoms with Gasteiger partial charge in [-0.3, -0.25) is 4.79 Å². The molecule has 0 fully saturated rings. The summed E-state index contributed by atoms with van der Waals surface area (Å²) < 4.78 is 4.56. The fourth-order valence-electron chi connectivity index (χ4n) is 1.50. The van der Waals surface area contributed by atoms with E-state index >= 15 is 0 Å². The summed E-state index contributed by atoms with van der Waals surface area (Å²) in [4.78, 5) is 33.3. The van der Waals surface area contributed by atoms with Crippen LogP contribution in [-0.4, -0.2) is 25.0 Å². The summed E-state index contributed by atoms with van der Waals surface area (Å²) in [6.07, 6.45) is 0.308. The molecule has 0 saturated carbocycles. The van der Waals surface area contributed by atoms with Gasteiger partial charge in [-0.25, -0.2) is 4.79 Å². The first-order chi connectivity index (χ1) is 9.43. The topological polar surface area (TPSA) is 95.5 Å². The average Bonchev–Trinajstić information content (AvgIpc) is 2.44. The van der Waals surface area contributed by atoms with E-state index in [9.17, 15) is 19.5 Å². The van der Waals surface area contributed by atoms with Crippen LogP contribution in [0.1, 0.15) is 30.1 Å². The highest BCUT2D eigenvalue weighted by Gasteiger charge is 2.09. The molecule has 1 aromatic carbocycles. The van der Waals surface area contributed by atoms with Crippen molar-refractivity contribution in [3.8, 4) is 0 Å². The minimum atomic E-state index is -1.17. The molecule has 1 N–H and O–H groups in total. The number of rotatable bonds is 6. The van der Waals surface area contributed by atoms with Crippen molar-refractivity contribution in [2.45, 2.75) is 19.8 Å². The summed E-state index contributed by atoms with van der Waals surface area (Å²) in [7, 11) is 1.29. The zero-order chi connectivity index (χ0) is 15.1. The number of methoxy groups -OCH3 is 1. The van der Waals surface area contributed by atoms with Crippen LogP contribution in [0.15, 0.2) is 24.3 Å². The van der Waals surface area contributed by atoms with Crippen LogP contribution in [-0.2, 0) is 14.3 Å². The van der Waals surface area contributed by atoms with E-state index in [1.807, 2.05) is 0 Å². The Morgan fingerprint density at radius 3 is 2.35 bits per heavy atom. The van der Waals surface area contributed by atoms with Gasteiger partial charge in [0.15, 0.2) is 0 Å². The first-order valence-electron chi connectivity index (χ1n) is 6.13. The third-order valence-corrected chi connectivity index (χ3v) is 2.80. The van der Waals surface area contributed by atoms with Crippen LogP contribution in [0.2, 0.25) is 0 Å². The van der Waals surface area contributed by atoms with Gasteiger partial charge in [-0.15, -0.1) is 0 Å². The molecule has 1 atom stereocenters. The van der Waals surface area contributed by atoms with E-state index in [4.69, 9.17) is 0 Å². The molecule has 1 aromatic rings.